The maximum absolute atomic E-state index is 13.5. The summed E-state index contributed by atoms with van der Waals surface area (Å²) in [6, 6.07) is 20.3. The second-order valence-corrected chi connectivity index (χ2v) is 10.4. The lowest BCUT2D eigenvalue weighted by molar-refractivity contribution is 0.234. The van der Waals surface area contributed by atoms with Crippen molar-refractivity contribution >= 4 is 11.7 Å². The van der Waals surface area contributed by atoms with Gasteiger partial charge in [-0.25, -0.2) is 9.18 Å². The second kappa shape index (κ2) is 10.8. The number of hydrogen-bond acceptors (Lipinski definition) is 4. The second-order valence-electron chi connectivity index (χ2n) is 10.4. The van der Waals surface area contributed by atoms with Gasteiger partial charge in [-0.3, -0.25) is 9.99 Å². The number of nitrogens with zero attached hydrogens (tertiary/aromatic N) is 2. The van der Waals surface area contributed by atoms with Gasteiger partial charge in [-0.1, -0.05) is 42.8 Å². The number of anilines is 1. The molecule has 1 aliphatic heterocycles. The van der Waals surface area contributed by atoms with Crippen molar-refractivity contribution in [2.75, 3.05) is 5.01 Å². The van der Waals surface area contributed by atoms with E-state index in [9.17, 15) is 9.18 Å². The third-order valence-corrected chi connectivity index (χ3v) is 8.02. The van der Waals surface area contributed by atoms with Crippen molar-refractivity contribution in [3.8, 4) is 0 Å². The molecule has 7 heteroatoms. The molecule has 3 atom stereocenters. The highest BCUT2D eigenvalue weighted by atomic mass is 19.1. The van der Waals surface area contributed by atoms with Gasteiger partial charge in [0.05, 0.1) is 17.4 Å². The number of allylic oxidation sites excluding steroid dienone is 4. The number of rotatable bonds is 7. The van der Waals surface area contributed by atoms with Gasteiger partial charge in [-0.15, -0.1) is 0 Å². The Morgan fingerprint density at radius 2 is 1.87 bits per heavy atom. The standard InChI is InChI=1S/C32H32FN5O/c1-21-28-20-36-38(27-11-9-26(33)10-12-27)30(28)18-25-8-7-24(31(21)25)17-29(23-5-3-2-4-6-23)37-32(39)35-19-22-13-15-34-16-14-22/h2-6,9-16,18,20-21,24,29,36H,7-8,17,19H2,1H3,(H2,35,37,39)/t21-,24+,29?/m0/s1. The molecule has 0 bridgehead atoms. The maximum Gasteiger partial charge on any atom is 0.315 e. The monoisotopic (exact) mass is 521 g/mol. The van der Waals surface area contributed by atoms with E-state index in [0.717, 1.165) is 41.8 Å². The number of aromatic nitrogens is 1. The summed E-state index contributed by atoms with van der Waals surface area (Å²) < 4.78 is 13.5. The normalized spacial score (nSPS) is 20.4. The summed E-state index contributed by atoms with van der Waals surface area (Å²) in [6.45, 7) is 2.72. The Morgan fingerprint density at radius 3 is 2.64 bits per heavy atom. The predicted molar refractivity (Wildman–Crippen MR) is 151 cm³/mol. The highest BCUT2D eigenvalue weighted by molar-refractivity contribution is 5.74. The first kappa shape index (κ1) is 24.9. The lowest BCUT2D eigenvalue weighted by Gasteiger charge is -2.31. The zero-order chi connectivity index (χ0) is 26.8. The largest absolute Gasteiger partial charge is 0.334 e. The van der Waals surface area contributed by atoms with Gasteiger partial charge in [-0.2, -0.15) is 0 Å². The molecule has 1 unspecified atom stereocenters. The van der Waals surface area contributed by atoms with Crippen molar-refractivity contribution in [2.24, 2.45) is 11.8 Å². The fourth-order valence-electron chi connectivity index (χ4n) is 6.10. The molecule has 0 saturated carbocycles. The van der Waals surface area contributed by atoms with Crippen LogP contribution in [0, 0.1) is 17.7 Å². The number of nitrogens with one attached hydrogen (secondary N) is 3. The zero-order valence-electron chi connectivity index (χ0n) is 21.9. The number of carbonyl (C=O) groups is 1. The molecule has 6 nitrogen and oxygen atoms in total. The van der Waals surface area contributed by atoms with Crippen LogP contribution in [0.25, 0.3) is 0 Å². The van der Waals surface area contributed by atoms with E-state index < -0.39 is 0 Å². The molecule has 39 heavy (non-hydrogen) atoms. The summed E-state index contributed by atoms with van der Waals surface area (Å²) in [5.41, 5.74) is 11.6. The summed E-state index contributed by atoms with van der Waals surface area (Å²) in [7, 11) is 0. The molecule has 6 rings (SSSR count). The van der Waals surface area contributed by atoms with Gasteiger partial charge in [-0.05, 0) is 84.4 Å². The van der Waals surface area contributed by atoms with E-state index in [4.69, 9.17) is 0 Å². The maximum atomic E-state index is 13.5. The van der Waals surface area contributed by atoms with Crippen molar-refractivity contribution in [3.63, 3.8) is 0 Å². The van der Waals surface area contributed by atoms with Gasteiger partial charge in [0, 0.05) is 36.6 Å². The Balaban J connectivity index is 1.21. The van der Waals surface area contributed by atoms with Crippen LogP contribution in [0.5, 0.6) is 0 Å². The summed E-state index contributed by atoms with van der Waals surface area (Å²) in [6.07, 6.45) is 10.7. The number of hydrazine groups is 1. The van der Waals surface area contributed by atoms with Crippen LogP contribution in [0.2, 0.25) is 0 Å². The fraction of sp³-hybridized carbons (Fsp3) is 0.250. The van der Waals surface area contributed by atoms with Gasteiger partial charge < -0.3 is 16.1 Å². The Hall–Kier alpha value is -4.39. The number of urea groups is 1. The molecule has 2 heterocycles. The van der Waals surface area contributed by atoms with E-state index >= 15 is 0 Å². The summed E-state index contributed by atoms with van der Waals surface area (Å²) >= 11 is 0. The first-order valence-electron chi connectivity index (χ1n) is 13.5. The number of hydrogen-bond donors (Lipinski definition) is 3. The summed E-state index contributed by atoms with van der Waals surface area (Å²) in [5.74, 6) is 0.370. The minimum absolute atomic E-state index is 0.107. The van der Waals surface area contributed by atoms with Gasteiger partial charge >= 0.3 is 6.03 Å². The molecule has 0 saturated heterocycles. The van der Waals surface area contributed by atoms with Crippen LogP contribution in [0.15, 0.2) is 114 Å². The number of pyridine rings is 1. The lowest BCUT2D eigenvalue weighted by atomic mass is 9.78. The van der Waals surface area contributed by atoms with E-state index in [0.29, 0.717) is 12.5 Å². The molecule has 0 spiro atoms. The average molecular weight is 522 g/mol. The topological polar surface area (TPSA) is 69.3 Å². The molecule has 198 valence electrons. The Bertz CT molecular complexity index is 1430. The predicted octanol–water partition coefficient (Wildman–Crippen LogP) is 6.30. The molecular weight excluding hydrogens is 489 g/mol. The number of halogens is 1. The van der Waals surface area contributed by atoms with E-state index in [-0.39, 0.29) is 23.8 Å². The smallest absolute Gasteiger partial charge is 0.315 e. The molecule has 1 aromatic heterocycles. The third-order valence-electron chi connectivity index (χ3n) is 8.02. The summed E-state index contributed by atoms with van der Waals surface area (Å²) in [5, 5.41) is 8.28. The average Bonchev–Trinajstić information content (AvgIpc) is 3.58. The number of benzene rings is 2. The molecule has 0 fully saturated rings. The van der Waals surface area contributed by atoms with Crippen LogP contribution in [-0.2, 0) is 6.54 Å². The van der Waals surface area contributed by atoms with Crippen molar-refractivity contribution < 1.29 is 9.18 Å². The summed E-state index contributed by atoms with van der Waals surface area (Å²) in [4.78, 5) is 17.0. The van der Waals surface area contributed by atoms with E-state index in [2.05, 4.69) is 52.4 Å². The van der Waals surface area contributed by atoms with Crippen LogP contribution in [0.1, 0.15) is 43.4 Å². The van der Waals surface area contributed by atoms with Gasteiger partial charge in [0.2, 0.25) is 0 Å². The number of carbonyl (C=O) groups excluding carboxylic acids is 1. The molecule has 3 aromatic rings. The van der Waals surface area contributed by atoms with Crippen LogP contribution in [0.4, 0.5) is 14.9 Å². The molecule has 2 aliphatic carbocycles. The Labute approximate surface area is 228 Å². The SMILES string of the molecule is C[C@H]1C2=CNN(c3ccc(F)cc3)C2=CC2=C1[C@@H](CC(NC(=O)NCc1ccncc1)c1ccccc1)CC2. The third kappa shape index (κ3) is 5.17. The quantitative estimate of drug-likeness (QED) is 0.341. The number of amides is 2. The molecule has 3 N–H and O–H groups in total. The fourth-order valence-corrected chi connectivity index (χ4v) is 6.10. The minimum atomic E-state index is -0.242. The minimum Gasteiger partial charge on any atom is -0.334 e. The van der Waals surface area contributed by atoms with Gasteiger partial charge in [0.1, 0.15) is 5.82 Å². The molecule has 3 aliphatic rings. The van der Waals surface area contributed by atoms with Crippen LogP contribution < -0.4 is 21.1 Å². The van der Waals surface area contributed by atoms with Crippen molar-refractivity contribution in [3.05, 3.63) is 131 Å². The molecule has 2 aromatic carbocycles. The van der Waals surface area contributed by atoms with Crippen LogP contribution in [0.3, 0.4) is 0 Å². The first-order valence-corrected chi connectivity index (χ1v) is 13.5. The van der Waals surface area contributed by atoms with Crippen molar-refractivity contribution in [1.29, 1.82) is 0 Å². The first-order chi connectivity index (χ1) is 19.1. The molecule has 2 amide bonds. The van der Waals surface area contributed by atoms with Crippen LogP contribution >= 0.6 is 0 Å². The van der Waals surface area contributed by atoms with Gasteiger partial charge in [0.25, 0.3) is 0 Å². The highest BCUT2D eigenvalue weighted by Crippen LogP contribution is 2.49. The van der Waals surface area contributed by atoms with E-state index in [1.807, 2.05) is 35.3 Å². The zero-order valence-corrected chi connectivity index (χ0v) is 21.9. The molecular formula is C32H32FN5O. The van der Waals surface area contributed by atoms with E-state index in [1.54, 1.807) is 24.5 Å². The van der Waals surface area contributed by atoms with Gasteiger partial charge in [0.15, 0.2) is 0 Å². The number of fused-ring (bicyclic) bond motifs is 1. The highest BCUT2D eigenvalue weighted by Gasteiger charge is 2.39. The van der Waals surface area contributed by atoms with Crippen LogP contribution in [-0.4, -0.2) is 11.0 Å². The Morgan fingerprint density at radius 1 is 1.10 bits per heavy atom. The Kier molecular flexibility index (Phi) is 6.88. The van der Waals surface area contributed by atoms with Crippen molar-refractivity contribution in [1.82, 2.24) is 21.0 Å². The lowest BCUT2D eigenvalue weighted by Crippen LogP contribution is -2.38. The molecule has 0 radical (unpaired) electrons. The van der Waals surface area contributed by atoms with E-state index in [1.165, 1.54) is 28.9 Å². The van der Waals surface area contributed by atoms with Crippen molar-refractivity contribution in [2.45, 2.75) is 38.8 Å².